The second kappa shape index (κ2) is 5.18. The largest absolute Gasteiger partial charge is 0.481 e. The molecule has 0 aromatic heterocycles. The van der Waals surface area contributed by atoms with Crippen LogP contribution in [0.5, 0.6) is 0 Å². The Morgan fingerprint density at radius 3 is 2.44 bits per heavy atom. The van der Waals surface area contributed by atoms with E-state index in [2.05, 4.69) is 6.08 Å². The normalized spacial score (nSPS) is 43.0. The quantitative estimate of drug-likeness (QED) is 0.758. The highest BCUT2D eigenvalue weighted by Crippen LogP contribution is 2.69. The molecule has 0 saturated heterocycles. The van der Waals surface area contributed by atoms with Crippen LogP contribution >= 0.6 is 0 Å². The first-order chi connectivity index (χ1) is 11.4. The third kappa shape index (κ3) is 2.38. The van der Waals surface area contributed by atoms with Crippen LogP contribution in [0.2, 0.25) is 0 Å². The molecule has 0 radical (unpaired) electrons. The van der Waals surface area contributed by atoms with Gasteiger partial charge in [0.05, 0.1) is 11.8 Å². The van der Waals surface area contributed by atoms with E-state index in [1.807, 2.05) is 19.9 Å². The predicted octanol–water partition coefficient (Wildman–Crippen LogP) is 3.53. The van der Waals surface area contributed by atoms with Crippen LogP contribution in [-0.4, -0.2) is 27.9 Å². The van der Waals surface area contributed by atoms with Crippen LogP contribution in [0.3, 0.4) is 0 Å². The van der Waals surface area contributed by atoms with Crippen molar-refractivity contribution < 1.29 is 24.6 Å². The van der Waals surface area contributed by atoms with Gasteiger partial charge >= 0.3 is 11.9 Å². The summed E-state index contributed by atoms with van der Waals surface area (Å²) in [4.78, 5) is 36.4. The van der Waals surface area contributed by atoms with Gasteiger partial charge in [0.15, 0.2) is 0 Å². The van der Waals surface area contributed by atoms with Crippen molar-refractivity contribution in [2.75, 3.05) is 0 Å². The van der Waals surface area contributed by atoms with Crippen molar-refractivity contribution in [3.63, 3.8) is 0 Å². The van der Waals surface area contributed by atoms with E-state index in [1.165, 1.54) is 0 Å². The lowest BCUT2D eigenvalue weighted by Gasteiger charge is -2.60. The fraction of sp³-hybridized carbons (Fsp3) is 0.750. The molecule has 3 aliphatic carbocycles. The molecule has 3 rings (SSSR count). The Balaban J connectivity index is 2.10. The van der Waals surface area contributed by atoms with E-state index in [1.54, 1.807) is 13.8 Å². The van der Waals surface area contributed by atoms with E-state index in [9.17, 15) is 24.6 Å². The molecule has 25 heavy (non-hydrogen) atoms. The maximum atomic E-state index is 12.8. The average Bonchev–Trinajstić information content (AvgIpc) is 2.76. The van der Waals surface area contributed by atoms with Crippen molar-refractivity contribution in [1.82, 2.24) is 0 Å². The minimum absolute atomic E-state index is 0.0986. The number of carboxylic acids is 2. The number of hydrogen-bond acceptors (Lipinski definition) is 3. The monoisotopic (exact) mass is 348 g/mol. The second-order valence-electron chi connectivity index (χ2n) is 9.54. The molecule has 2 fully saturated rings. The number of hydrogen-bond donors (Lipinski definition) is 2. The predicted molar refractivity (Wildman–Crippen MR) is 91.9 cm³/mol. The Kier molecular flexibility index (Phi) is 3.76. The van der Waals surface area contributed by atoms with Gasteiger partial charge in [-0.2, -0.15) is 0 Å². The summed E-state index contributed by atoms with van der Waals surface area (Å²) in [5, 5.41) is 19.3. The van der Waals surface area contributed by atoms with Crippen LogP contribution in [0.1, 0.15) is 59.8 Å². The van der Waals surface area contributed by atoms with Crippen LogP contribution in [0.25, 0.3) is 0 Å². The zero-order valence-corrected chi connectivity index (χ0v) is 15.5. The zero-order valence-electron chi connectivity index (χ0n) is 15.5. The zero-order chi connectivity index (χ0) is 18.8. The van der Waals surface area contributed by atoms with Crippen LogP contribution < -0.4 is 0 Å². The Morgan fingerprint density at radius 1 is 1.24 bits per heavy atom. The van der Waals surface area contributed by atoms with Crippen molar-refractivity contribution in [2.24, 2.45) is 33.5 Å². The molecule has 2 N–H and O–H groups in total. The van der Waals surface area contributed by atoms with Gasteiger partial charge < -0.3 is 10.2 Å². The third-order valence-corrected chi connectivity index (χ3v) is 7.65. The van der Waals surface area contributed by atoms with Crippen LogP contribution in [0.15, 0.2) is 12.2 Å². The molecular weight excluding hydrogens is 320 g/mol. The Bertz CT molecular complexity index is 678. The van der Waals surface area contributed by atoms with Crippen LogP contribution in [0, 0.1) is 33.5 Å². The maximum Gasteiger partial charge on any atom is 0.309 e. The van der Waals surface area contributed by atoms with Gasteiger partial charge in [0.25, 0.3) is 0 Å². The van der Waals surface area contributed by atoms with E-state index in [-0.39, 0.29) is 29.5 Å². The number of allylic oxidation sites excluding steroid dienone is 2. The lowest BCUT2D eigenvalue weighted by Crippen LogP contribution is -2.58. The van der Waals surface area contributed by atoms with Gasteiger partial charge in [-0.3, -0.25) is 14.4 Å². The maximum absolute atomic E-state index is 12.8. The molecule has 1 spiro atoms. The highest BCUT2D eigenvalue weighted by molar-refractivity contribution is 5.89. The van der Waals surface area contributed by atoms with E-state index in [0.29, 0.717) is 12.8 Å². The van der Waals surface area contributed by atoms with Crippen molar-refractivity contribution in [2.45, 2.75) is 59.8 Å². The molecule has 3 aliphatic rings. The number of fused-ring (bicyclic) bond motifs is 1. The minimum atomic E-state index is -1.03. The topological polar surface area (TPSA) is 91.7 Å². The first-order valence-corrected chi connectivity index (χ1v) is 9.06. The van der Waals surface area contributed by atoms with E-state index in [0.717, 1.165) is 12.8 Å². The van der Waals surface area contributed by atoms with Crippen molar-refractivity contribution in [3.05, 3.63) is 12.2 Å². The highest BCUT2D eigenvalue weighted by Gasteiger charge is 2.65. The lowest BCUT2D eigenvalue weighted by atomic mass is 9.42. The smallest absolute Gasteiger partial charge is 0.309 e. The summed E-state index contributed by atoms with van der Waals surface area (Å²) in [6.07, 6.45) is 6.64. The fourth-order valence-electron chi connectivity index (χ4n) is 6.33. The molecule has 138 valence electrons. The summed E-state index contributed by atoms with van der Waals surface area (Å²) in [6, 6.07) is 0. The second-order valence-corrected chi connectivity index (χ2v) is 9.54. The molecule has 2 bridgehead atoms. The minimum Gasteiger partial charge on any atom is -0.481 e. The van der Waals surface area contributed by atoms with Gasteiger partial charge in [0, 0.05) is 11.8 Å². The average molecular weight is 348 g/mol. The van der Waals surface area contributed by atoms with Crippen LogP contribution in [-0.2, 0) is 14.4 Å². The van der Waals surface area contributed by atoms with Gasteiger partial charge in [0.1, 0.15) is 5.78 Å². The fourth-order valence-corrected chi connectivity index (χ4v) is 6.33. The van der Waals surface area contributed by atoms with Gasteiger partial charge in [-0.25, -0.2) is 0 Å². The number of carbonyl (C=O) groups is 3. The molecule has 0 aromatic carbocycles. The van der Waals surface area contributed by atoms with Crippen molar-refractivity contribution in [3.8, 4) is 0 Å². The number of aliphatic carboxylic acids is 2. The third-order valence-electron chi connectivity index (χ3n) is 7.65. The SMILES string of the molecule is CC(C)(C(=O)O)[C@H]1CC[C@]23C=C[C@](C)(C2)C(=O)C[C@@H]3[C@]1(C)CC(=O)O. The van der Waals surface area contributed by atoms with E-state index in [4.69, 9.17) is 0 Å². The van der Waals surface area contributed by atoms with E-state index < -0.39 is 28.2 Å². The summed E-state index contributed by atoms with van der Waals surface area (Å²) in [7, 11) is 0. The molecule has 5 nitrogen and oxygen atoms in total. The van der Waals surface area contributed by atoms with E-state index >= 15 is 0 Å². The van der Waals surface area contributed by atoms with Gasteiger partial charge in [-0.05, 0) is 62.7 Å². The number of carbonyl (C=O) groups excluding carboxylic acids is 1. The molecule has 2 saturated carbocycles. The Hall–Kier alpha value is -1.65. The number of rotatable bonds is 4. The first kappa shape index (κ1) is 18.2. The number of Topliss-reactive ketones (excluding diaryl/α,β-unsaturated/α-hetero) is 1. The molecular formula is C20H28O5. The Labute approximate surface area is 148 Å². The molecule has 0 aliphatic heterocycles. The number of carboxylic acid groups (broad SMARTS) is 2. The molecule has 0 aromatic rings. The summed E-state index contributed by atoms with van der Waals surface area (Å²) in [5.74, 6) is -2.07. The number of ketones is 1. The van der Waals surface area contributed by atoms with Crippen molar-refractivity contribution in [1.29, 1.82) is 0 Å². The van der Waals surface area contributed by atoms with Gasteiger partial charge in [-0.15, -0.1) is 0 Å². The molecule has 5 atom stereocenters. The highest BCUT2D eigenvalue weighted by atomic mass is 16.4. The Morgan fingerprint density at radius 2 is 1.88 bits per heavy atom. The molecule has 0 amide bonds. The van der Waals surface area contributed by atoms with Gasteiger partial charge in [0.2, 0.25) is 0 Å². The molecule has 0 heterocycles. The van der Waals surface area contributed by atoms with Crippen LogP contribution in [0.4, 0.5) is 0 Å². The summed E-state index contributed by atoms with van der Waals surface area (Å²) >= 11 is 0. The summed E-state index contributed by atoms with van der Waals surface area (Å²) in [6.45, 7) is 7.26. The molecule has 0 unspecified atom stereocenters. The van der Waals surface area contributed by atoms with Gasteiger partial charge in [-0.1, -0.05) is 19.1 Å². The van der Waals surface area contributed by atoms with Crippen molar-refractivity contribution >= 4 is 17.7 Å². The summed E-state index contributed by atoms with van der Waals surface area (Å²) < 4.78 is 0. The summed E-state index contributed by atoms with van der Waals surface area (Å²) in [5.41, 5.74) is -2.36. The molecule has 5 heteroatoms. The first-order valence-electron chi connectivity index (χ1n) is 9.06. The lowest BCUT2D eigenvalue weighted by molar-refractivity contribution is -0.174. The standard InChI is InChI=1S/C20H28O5/c1-17(2,16(24)25)12-5-6-20-8-7-18(3,11-20)14(21)9-13(20)19(12,4)10-15(22)23/h7-8,12-13H,5-6,9-11H2,1-4H3,(H,22,23)(H,24,25)/t12-,13-,18-,19-,20+/m1/s1.